The van der Waals surface area contributed by atoms with Crippen LogP contribution in [0.15, 0.2) is 30.5 Å². The van der Waals surface area contributed by atoms with Crippen molar-refractivity contribution < 1.29 is 32.5 Å². The van der Waals surface area contributed by atoms with Gasteiger partial charge in [-0.25, -0.2) is 8.78 Å². The van der Waals surface area contributed by atoms with E-state index in [1.54, 1.807) is 31.3 Å². The minimum absolute atomic E-state index is 0.00442. The number of rotatable bonds is 16. The number of fused-ring (bicyclic) bond motifs is 4. The fourth-order valence-corrected chi connectivity index (χ4v) is 8.53. The molecule has 1 saturated carbocycles. The number of aromatic nitrogens is 3. The zero-order valence-electron chi connectivity index (χ0n) is 32.7. The monoisotopic (exact) mass is 770 g/mol. The summed E-state index contributed by atoms with van der Waals surface area (Å²) in [5.41, 5.74) is 0.599. The molecule has 2 bridgehead atoms. The molecule has 13 heteroatoms. The van der Waals surface area contributed by atoms with E-state index < -0.39 is 11.6 Å². The molecule has 56 heavy (non-hydrogen) atoms. The number of nitrogens with zero attached hydrogens (tertiary/aromatic N) is 6. The van der Waals surface area contributed by atoms with Crippen LogP contribution in [0.1, 0.15) is 63.9 Å². The molecule has 2 aromatic heterocycles. The summed E-state index contributed by atoms with van der Waals surface area (Å²) in [6.07, 6.45) is 9.43. The van der Waals surface area contributed by atoms with Crippen LogP contribution in [0.2, 0.25) is 0 Å². The fourth-order valence-electron chi connectivity index (χ4n) is 8.53. The van der Waals surface area contributed by atoms with Gasteiger partial charge in [0.05, 0.1) is 24.7 Å². The van der Waals surface area contributed by atoms with Crippen molar-refractivity contribution in [2.75, 3.05) is 84.9 Å². The highest BCUT2D eigenvalue weighted by molar-refractivity contribution is 6.03. The molecule has 298 valence electrons. The molecule has 1 aliphatic carbocycles. The number of benzene rings is 2. The molecule has 0 spiro atoms. The molecule has 4 heterocycles. The van der Waals surface area contributed by atoms with Gasteiger partial charge in [0.15, 0.2) is 12.6 Å². The molecule has 11 nitrogen and oxygen atoms in total. The summed E-state index contributed by atoms with van der Waals surface area (Å²) in [6, 6.07) is 6.51. The lowest BCUT2D eigenvalue weighted by atomic mass is 9.95. The molecule has 2 unspecified atom stereocenters. The molecule has 2 aromatic carbocycles. The number of methoxy groups -OCH3 is 2. The second kappa shape index (κ2) is 18.5. The molecular weight excluding hydrogens is 719 g/mol. The molecule has 2 saturated heterocycles. The smallest absolute Gasteiger partial charge is 0.319 e. The van der Waals surface area contributed by atoms with Crippen molar-refractivity contribution in [1.29, 1.82) is 0 Å². The quantitative estimate of drug-likeness (QED) is 0.0519. The van der Waals surface area contributed by atoms with Crippen LogP contribution in [0.25, 0.3) is 32.9 Å². The van der Waals surface area contributed by atoms with Crippen molar-refractivity contribution in [3.8, 4) is 34.9 Å². The number of carbonyl (C=O) groups is 1. The van der Waals surface area contributed by atoms with Crippen LogP contribution in [0, 0.1) is 35.3 Å². The van der Waals surface area contributed by atoms with Crippen LogP contribution in [-0.4, -0.2) is 111 Å². The Balaban J connectivity index is 1.11. The highest BCUT2D eigenvalue weighted by Crippen LogP contribution is 2.42. The number of anilines is 1. The molecule has 7 rings (SSSR count). The number of unbranched alkanes of at least 4 members (excludes halogenated alkanes) is 2. The molecule has 4 aromatic rings. The molecule has 0 amide bonds. The van der Waals surface area contributed by atoms with E-state index in [0.717, 1.165) is 78.0 Å². The number of hydrogen-bond acceptors (Lipinski definition) is 11. The predicted molar refractivity (Wildman–Crippen MR) is 212 cm³/mol. The van der Waals surface area contributed by atoms with Crippen molar-refractivity contribution in [3.05, 3.63) is 47.7 Å². The Morgan fingerprint density at radius 1 is 0.929 bits per heavy atom. The van der Waals surface area contributed by atoms with Crippen LogP contribution < -0.4 is 14.4 Å². The van der Waals surface area contributed by atoms with Gasteiger partial charge in [-0.15, -0.1) is 5.92 Å². The Kier molecular flexibility index (Phi) is 13.1. The van der Waals surface area contributed by atoms with Gasteiger partial charge in [0.2, 0.25) is 0 Å². The first kappa shape index (κ1) is 39.6. The Hall–Kier alpha value is -4.64. The molecule has 3 aliphatic rings. The highest BCUT2D eigenvalue weighted by atomic mass is 19.1. The summed E-state index contributed by atoms with van der Waals surface area (Å²) in [5, 5.41) is 1.57. The SMILES string of the molecule is CC#Cc1c(F)ccc2cc(OCOC)cc(-c3ncc4c(N5CC6CCC(C6)C5)nc(OCCCN5CCN(CCCCCC(=O)OC)CC5)nc4c3F)c12. The van der Waals surface area contributed by atoms with Gasteiger partial charge in [-0.2, -0.15) is 9.97 Å². The average molecular weight is 771 g/mol. The van der Waals surface area contributed by atoms with Crippen LogP contribution in [0.4, 0.5) is 14.6 Å². The van der Waals surface area contributed by atoms with Gasteiger partial charge in [-0.05, 0) is 87.4 Å². The van der Waals surface area contributed by atoms with Gasteiger partial charge in [-0.3, -0.25) is 9.78 Å². The summed E-state index contributed by atoms with van der Waals surface area (Å²) in [4.78, 5) is 32.8. The highest BCUT2D eigenvalue weighted by Gasteiger charge is 2.35. The van der Waals surface area contributed by atoms with E-state index in [-0.39, 0.29) is 35.5 Å². The van der Waals surface area contributed by atoms with Crippen LogP contribution in [0.3, 0.4) is 0 Å². The van der Waals surface area contributed by atoms with Gasteiger partial charge in [0.25, 0.3) is 0 Å². The Morgan fingerprint density at radius 3 is 2.39 bits per heavy atom. The lowest BCUT2D eigenvalue weighted by Gasteiger charge is -2.34. The van der Waals surface area contributed by atoms with Crippen molar-refractivity contribution in [2.45, 2.75) is 58.3 Å². The number of pyridine rings is 1. The second-order valence-electron chi connectivity index (χ2n) is 15.2. The largest absolute Gasteiger partial charge is 0.469 e. The molecule has 2 aliphatic heterocycles. The molecule has 0 radical (unpaired) electrons. The Morgan fingerprint density at radius 2 is 1.68 bits per heavy atom. The van der Waals surface area contributed by atoms with Gasteiger partial charge in [0.1, 0.15) is 28.6 Å². The van der Waals surface area contributed by atoms with E-state index in [4.69, 9.17) is 23.9 Å². The van der Waals surface area contributed by atoms with Crippen molar-refractivity contribution in [3.63, 3.8) is 0 Å². The number of esters is 1. The first-order chi connectivity index (χ1) is 27.3. The maximum atomic E-state index is 17.2. The first-order valence-corrected chi connectivity index (χ1v) is 19.9. The first-order valence-electron chi connectivity index (χ1n) is 19.9. The topological polar surface area (TPSA) is 102 Å². The van der Waals surface area contributed by atoms with E-state index >= 15 is 8.78 Å². The van der Waals surface area contributed by atoms with Gasteiger partial charge < -0.3 is 33.6 Å². The Bertz CT molecular complexity index is 2070. The number of hydrogen-bond donors (Lipinski definition) is 0. The minimum atomic E-state index is -0.651. The van der Waals surface area contributed by atoms with Crippen LogP contribution in [0.5, 0.6) is 11.8 Å². The second-order valence-corrected chi connectivity index (χ2v) is 15.2. The molecule has 3 fully saturated rings. The average Bonchev–Trinajstić information content (AvgIpc) is 3.56. The number of halogens is 2. The van der Waals surface area contributed by atoms with Gasteiger partial charge in [0, 0.05) is 76.5 Å². The molecule has 2 atom stereocenters. The van der Waals surface area contributed by atoms with E-state index in [0.29, 0.717) is 58.2 Å². The summed E-state index contributed by atoms with van der Waals surface area (Å²) in [6.45, 7) is 9.59. The molecule has 0 N–H and O–H groups in total. The fraction of sp³-hybridized carbons (Fsp3) is 0.535. The zero-order chi connectivity index (χ0) is 39.0. The summed E-state index contributed by atoms with van der Waals surface area (Å²) < 4.78 is 54.3. The van der Waals surface area contributed by atoms with Crippen molar-refractivity contribution in [2.24, 2.45) is 11.8 Å². The van der Waals surface area contributed by atoms with Gasteiger partial charge in [-0.1, -0.05) is 18.4 Å². The summed E-state index contributed by atoms with van der Waals surface area (Å²) in [7, 11) is 2.95. The number of ether oxygens (including phenoxy) is 4. The maximum Gasteiger partial charge on any atom is 0.319 e. The third-order valence-corrected chi connectivity index (χ3v) is 11.3. The molecular formula is C43H52F2N6O5. The standard InChI is InChI=1S/C43H52F2N6O5/c1-4-9-33-36(44)14-13-31-23-32(56-28-53-2)24-34(38(31)33)40-39(45)41-35(25-46-40)42(51-26-29-11-12-30(22-29)27-51)48-43(47-41)55-21-8-16-50-19-17-49(18-20-50)15-7-5-6-10-37(52)54-3/h13-14,23-25,29-30H,5-8,10-12,15-22,26-28H2,1-3H3. The van der Waals surface area contributed by atoms with Gasteiger partial charge >= 0.3 is 12.0 Å². The minimum Gasteiger partial charge on any atom is -0.469 e. The number of carbonyl (C=O) groups excluding carboxylic acids is 1. The normalized spacial score (nSPS) is 18.6. The van der Waals surface area contributed by atoms with Crippen molar-refractivity contribution in [1.82, 2.24) is 24.8 Å². The number of piperidine rings is 1. The van der Waals surface area contributed by atoms with E-state index in [9.17, 15) is 4.79 Å². The summed E-state index contributed by atoms with van der Waals surface area (Å²) >= 11 is 0. The lowest BCUT2D eigenvalue weighted by Crippen LogP contribution is -2.46. The van der Waals surface area contributed by atoms with Crippen LogP contribution >= 0.6 is 0 Å². The number of piperazine rings is 1. The van der Waals surface area contributed by atoms with Crippen molar-refractivity contribution >= 4 is 33.5 Å². The lowest BCUT2D eigenvalue weighted by molar-refractivity contribution is -0.140. The van der Waals surface area contributed by atoms with E-state index in [1.807, 2.05) is 0 Å². The zero-order valence-corrected chi connectivity index (χ0v) is 32.7. The third kappa shape index (κ3) is 9.14. The van der Waals surface area contributed by atoms with E-state index in [1.165, 1.54) is 39.5 Å². The Labute approximate surface area is 327 Å². The maximum absolute atomic E-state index is 17.2. The summed E-state index contributed by atoms with van der Waals surface area (Å²) in [5.74, 6) is 6.58. The van der Waals surface area contributed by atoms with E-state index in [2.05, 4.69) is 36.5 Å². The third-order valence-electron chi connectivity index (χ3n) is 11.3. The van der Waals surface area contributed by atoms with Crippen LogP contribution in [-0.2, 0) is 14.3 Å². The predicted octanol–water partition coefficient (Wildman–Crippen LogP) is 6.83.